The van der Waals surface area contributed by atoms with Crippen LogP contribution in [0.15, 0.2) is 42.0 Å². The second kappa shape index (κ2) is 6.96. The lowest BCUT2D eigenvalue weighted by Crippen LogP contribution is -2.34. The summed E-state index contributed by atoms with van der Waals surface area (Å²) in [7, 11) is 1.56. The van der Waals surface area contributed by atoms with Crippen LogP contribution < -0.4 is 15.7 Å². The Bertz CT molecular complexity index is 789. The van der Waals surface area contributed by atoms with Gasteiger partial charge >= 0.3 is 6.18 Å². The lowest BCUT2D eigenvalue weighted by molar-refractivity contribution is -0.190. The van der Waals surface area contributed by atoms with Crippen molar-refractivity contribution in [3.05, 3.63) is 53.4 Å². The SMILES string of the molecule is COCC1=C2C=C(c3cnc(OC(C)C(F)(F)F)c(F)c3)C=CN2NN1. The highest BCUT2D eigenvalue weighted by molar-refractivity contribution is 5.77. The number of fused-ring (bicyclic) bond motifs is 1. The number of hydrogen-bond acceptors (Lipinski definition) is 6. The predicted octanol–water partition coefficient (Wildman–Crippen LogP) is 2.64. The molecule has 0 bridgehead atoms. The summed E-state index contributed by atoms with van der Waals surface area (Å²) in [5, 5.41) is 1.71. The van der Waals surface area contributed by atoms with Gasteiger partial charge in [0.15, 0.2) is 11.9 Å². The Labute approximate surface area is 146 Å². The summed E-state index contributed by atoms with van der Waals surface area (Å²) in [5.41, 5.74) is 8.44. The summed E-state index contributed by atoms with van der Waals surface area (Å²) in [6.07, 6.45) is -0.291. The number of ether oxygens (including phenoxy) is 2. The zero-order chi connectivity index (χ0) is 18.9. The first-order valence-corrected chi connectivity index (χ1v) is 7.61. The van der Waals surface area contributed by atoms with E-state index in [1.165, 1.54) is 6.20 Å². The third-order valence-corrected chi connectivity index (χ3v) is 3.77. The van der Waals surface area contributed by atoms with Gasteiger partial charge in [0.25, 0.3) is 5.88 Å². The Hall–Kier alpha value is -2.59. The van der Waals surface area contributed by atoms with Crippen LogP contribution >= 0.6 is 0 Å². The number of methoxy groups -OCH3 is 1. The smallest absolute Gasteiger partial charge is 0.425 e. The number of nitrogens with one attached hydrogen (secondary N) is 2. The maximum Gasteiger partial charge on any atom is 0.425 e. The van der Waals surface area contributed by atoms with Crippen LogP contribution in [0.25, 0.3) is 5.57 Å². The molecular weight excluding hydrogens is 356 g/mol. The number of allylic oxidation sites excluding steroid dienone is 3. The monoisotopic (exact) mass is 372 g/mol. The van der Waals surface area contributed by atoms with Gasteiger partial charge in [-0.15, -0.1) is 5.53 Å². The number of alkyl halides is 3. The third-order valence-electron chi connectivity index (χ3n) is 3.77. The summed E-state index contributed by atoms with van der Waals surface area (Å²) in [6.45, 7) is 1.13. The molecule has 0 aliphatic carbocycles. The summed E-state index contributed by atoms with van der Waals surface area (Å²) in [5.74, 6) is -1.66. The summed E-state index contributed by atoms with van der Waals surface area (Å²) in [4.78, 5) is 3.69. The number of hydrazine groups is 2. The summed E-state index contributed by atoms with van der Waals surface area (Å²) < 4.78 is 61.4. The maximum atomic E-state index is 14.1. The molecule has 1 atom stereocenters. The fraction of sp³-hybridized carbons (Fsp3) is 0.312. The molecule has 2 aliphatic rings. The molecule has 0 radical (unpaired) electrons. The Morgan fingerprint density at radius 2 is 2.12 bits per heavy atom. The average molecular weight is 372 g/mol. The van der Waals surface area contributed by atoms with Crippen molar-refractivity contribution in [2.75, 3.05) is 13.7 Å². The first-order chi connectivity index (χ1) is 12.3. The molecule has 0 fully saturated rings. The molecule has 26 heavy (non-hydrogen) atoms. The molecule has 0 spiro atoms. The van der Waals surface area contributed by atoms with Gasteiger partial charge in [-0.05, 0) is 30.7 Å². The Kier molecular flexibility index (Phi) is 4.88. The van der Waals surface area contributed by atoms with Crippen LogP contribution in [0.1, 0.15) is 12.5 Å². The average Bonchev–Trinajstić information content (AvgIpc) is 2.98. The van der Waals surface area contributed by atoms with Gasteiger partial charge in [0.1, 0.15) is 0 Å². The Morgan fingerprint density at radius 1 is 1.35 bits per heavy atom. The van der Waals surface area contributed by atoms with Crippen LogP contribution in [-0.2, 0) is 4.74 Å². The molecule has 2 N–H and O–H groups in total. The van der Waals surface area contributed by atoms with Gasteiger partial charge in [-0.1, -0.05) is 0 Å². The van der Waals surface area contributed by atoms with Crippen molar-refractivity contribution < 1.29 is 27.0 Å². The van der Waals surface area contributed by atoms with Crippen LogP contribution in [0, 0.1) is 5.82 Å². The van der Waals surface area contributed by atoms with E-state index in [1.807, 2.05) is 0 Å². The second-order valence-corrected chi connectivity index (χ2v) is 5.63. The standard InChI is InChI=1S/C16H16F4N4O2/c1-9(16(18,19)20)26-15-12(17)5-11(7-21-15)10-3-4-24-14(6-10)13(8-25-2)22-23-24/h3-7,9,22-23H,8H2,1-2H3. The van der Waals surface area contributed by atoms with Gasteiger partial charge in [0.05, 0.1) is 18.0 Å². The minimum absolute atomic E-state index is 0.338. The highest BCUT2D eigenvalue weighted by Gasteiger charge is 2.38. The number of halogens is 4. The molecule has 0 saturated heterocycles. The molecule has 0 amide bonds. The number of pyridine rings is 1. The normalized spacial score (nSPS) is 17.8. The number of hydrogen-bond donors (Lipinski definition) is 2. The van der Waals surface area contributed by atoms with Gasteiger partial charge in [0.2, 0.25) is 0 Å². The van der Waals surface area contributed by atoms with E-state index in [0.29, 0.717) is 17.7 Å². The quantitative estimate of drug-likeness (QED) is 0.775. The largest absolute Gasteiger partial charge is 0.463 e. The zero-order valence-electron chi connectivity index (χ0n) is 13.9. The molecule has 1 unspecified atom stereocenters. The number of aromatic nitrogens is 1. The number of rotatable bonds is 5. The van der Waals surface area contributed by atoms with Crippen molar-refractivity contribution in [2.24, 2.45) is 0 Å². The van der Waals surface area contributed by atoms with E-state index in [0.717, 1.165) is 24.4 Å². The molecule has 10 heteroatoms. The lowest BCUT2D eigenvalue weighted by Gasteiger charge is -2.20. The van der Waals surface area contributed by atoms with E-state index in [2.05, 4.69) is 20.7 Å². The van der Waals surface area contributed by atoms with Crippen molar-refractivity contribution in [1.29, 1.82) is 0 Å². The maximum absolute atomic E-state index is 14.1. The minimum Gasteiger partial charge on any atom is -0.463 e. The van der Waals surface area contributed by atoms with Crippen molar-refractivity contribution in [3.63, 3.8) is 0 Å². The van der Waals surface area contributed by atoms with Crippen LogP contribution in [0.3, 0.4) is 0 Å². The molecule has 1 aromatic heterocycles. The Balaban J connectivity index is 1.84. The first-order valence-electron chi connectivity index (χ1n) is 7.61. The van der Waals surface area contributed by atoms with Crippen LogP contribution in [0.4, 0.5) is 17.6 Å². The molecule has 1 aromatic rings. The molecule has 0 aromatic carbocycles. The van der Waals surface area contributed by atoms with E-state index >= 15 is 0 Å². The third kappa shape index (κ3) is 3.65. The lowest BCUT2D eigenvalue weighted by atomic mass is 10.0. The topological polar surface area (TPSA) is 58.7 Å². The van der Waals surface area contributed by atoms with Crippen LogP contribution in [0.5, 0.6) is 5.88 Å². The molecule has 3 rings (SSSR count). The fourth-order valence-electron chi connectivity index (χ4n) is 2.36. The van der Waals surface area contributed by atoms with Gasteiger partial charge in [0, 0.05) is 25.1 Å². The van der Waals surface area contributed by atoms with Crippen molar-refractivity contribution in [3.8, 4) is 5.88 Å². The molecule has 6 nitrogen and oxygen atoms in total. The number of nitrogens with zero attached hydrogens (tertiary/aromatic N) is 2. The molecule has 140 valence electrons. The van der Waals surface area contributed by atoms with Gasteiger partial charge < -0.3 is 14.9 Å². The van der Waals surface area contributed by atoms with E-state index in [4.69, 9.17) is 4.74 Å². The van der Waals surface area contributed by atoms with Crippen molar-refractivity contribution >= 4 is 5.57 Å². The van der Waals surface area contributed by atoms with E-state index in [9.17, 15) is 17.6 Å². The van der Waals surface area contributed by atoms with Crippen LogP contribution in [0.2, 0.25) is 0 Å². The highest BCUT2D eigenvalue weighted by Crippen LogP contribution is 2.30. The second-order valence-electron chi connectivity index (χ2n) is 5.63. The van der Waals surface area contributed by atoms with E-state index < -0.39 is 24.0 Å². The Morgan fingerprint density at radius 3 is 2.77 bits per heavy atom. The van der Waals surface area contributed by atoms with E-state index in [-0.39, 0.29) is 0 Å². The molecular formula is C16H16F4N4O2. The van der Waals surface area contributed by atoms with Crippen LogP contribution in [-0.4, -0.2) is 36.0 Å². The van der Waals surface area contributed by atoms with Crippen molar-refractivity contribution in [2.45, 2.75) is 19.2 Å². The summed E-state index contributed by atoms with van der Waals surface area (Å²) in [6, 6.07) is 1.09. The predicted molar refractivity (Wildman–Crippen MR) is 84.5 cm³/mol. The first kappa shape index (κ1) is 18.2. The van der Waals surface area contributed by atoms with E-state index in [1.54, 1.807) is 30.5 Å². The zero-order valence-corrected chi connectivity index (χ0v) is 13.9. The summed E-state index contributed by atoms with van der Waals surface area (Å²) >= 11 is 0. The highest BCUT2D eigenvalue weighted by atomic mass is 19.4. The molecule has 0 saturated carbocycles. The fourth-order valence-corrected chi connectivity index (χ4v) is 2.36. The van der Waals surface area contributed by atoms with Gasteiger partial charge in [-0.25, -0.2) is 9.37 Å². The van der Waals surface area contributed by atoms with Gasteiger partial charge in [-0.2, -0.15) is 13.2 Å². The van der Waals surface area contributed by atoms with Gasteiger partial charge in [-0.3, -0.25) is 5.01 Å². The molecule has 3 heterocycles. The molecule has 2 aliphatic heterocycles. The van der Waals surface area contributed by atoms with Crippen molar-refractivity contribution in [1.82, 2.24) is 21.0 Å². The minimum atomic E-state index is -4.60.